The molecule has 1 unspecified atom stereocenters. The molecule has 1 aromatic heterocycles. The number of fused-ring (bicyclic) bond motifs is 5. The minimum Gasteiger partial charge on any atom is -0.493 e. The second-order valence-electron chi connectivity index (χ2n) is 8.36. The SMILES string of the molecule is FC(F)(F)c1ccc(CN2C(=S)CC3(COc4cc5c(cc43)CCO5)c3ccccc32)o1. The topological polar surface area (TPSA) is 34.8 Å². The highest BCUT2D eigenvalue weighted by molar-refractivity contribution is 7.80. The largest absolute Gasteiger partial charge is 0.493 e. The number of anilines is 1. The van der Waals surface area contributed by atoms with E-state index in [1.54, 1.807) is 0 Å². The van der Waals surface area contributed by atoms with Gasteiger partial charge in [0.2, 0.25) is 5.76 Å². The van der Waals surface area contributed by atoms with Gasteiger partial charge in [0.05, 0.1) is 23.6 Å². The van der Waals surface area contributed by atoms with Crippen molar-refractivity contribution in [1.29, 1.82) is 0 Å². The van der Waals surface area contributed by atoms with E-state index in [1.807, 2.05) is 29.2 Å². The second kappa shape index (κ2) is 6.75. The van der Waals surface area contributed by atoms with Crippen LogP contribution in [0.4, 0.5) is 18.9 Å². The molecule has 0 N–H and O–H groups in total. The predicted molar refractivity (Wildman–Crippen MR) is 115 cm³/mol. The average molecular weight is 457 g/mol. The summed E-state index contributed by atoms with van der Waals surface area (Å²) in [7, 11) is 0. The standard InChI is InChI=1S/C24H18F3NO3S/c25-24(26,27)21-6-5-15(31-21)12-28-18-4-2-1-3-16(18)23(11-22(28)32)13-30-20-10-19-14(7-8-29-19)9-17(20)23/h1-6,9-10H,7-8,11-13H2. The number of thiocarbonyl (C=S) groups is 1. The first-order chi connectivity index (χ1) is 15.3. The molecule has 0 radical (unpaired) electrons. The first-order valence-corrected chi connectivity index (χ1v) is 10.7. The monoisotopic (exact) mass is 457 g/mol. The van der Waals surface area contributed by atoms with Crippen LogP contribution in [0.1, 0.15) is 34.6 Å². The normalized spacial score (nSPS) is 21.2. The van der Waals surface area contributed by atoms with Gasteiger partial charge in [0.1, 0.15) is 23.9 Å². The van der Waals surface area contributed by atoms with E-state index in [2.05, 4.69) is 12.1 Å². The summed E-state index contributed by atoms with van der Waals surface area (Å²) in [6.45, 7) is 1.25. The van der Waals surface area contributed by atoms with Crippen LogP contribution < -0.4 is 14.4 Å². The second-order valence-corrected chi connectivity index (χ2v) is 8.83. The fourth-order valence-corrected chi connectivity index (χ4v) is 5.40. The molecule has 0 saturated carbocycles. The Morgan fingerprint density at radius 1 is 1.00 bits per heavy atom. The number of benzene rings is 2. The Morgan fingerprint density at radius 3 is 2.66 bits per heavy atom. The highest BCUT2D eigenvalue weighted by Crippen LogP contribution is 2.53. The lowest BCUT2D eigenvalue weighted by atomic mass is 9.70. The summed E-state index contributed by atoms with van der Waals surface area (Å²) in [6.07, 6.45) is -3.13. The van der Waals surface area contributed by atoms with Gasteiger partial charge >= 0.3 is 6.18 Å². The van der Waals surface area contributed by atoms with Crippen molar-refractivity contribution in [2.75, 3.05) is 18.1 Å². The van der Waals surface area contributed by atoms with Crippen LogP contribution >= 0.6 is 12.2 Å². The molecule has 32 heavy (non-hydrogen) atoms. The highest BCUT2D eigenvalue weighted by Gasteiger charge is 2.49. The third kappa shape index (κ3) is 2.85. The van der Waals surface area contributed by atoms with Gasteiger partial charge in [0.15, 0.2) is 0 Å². The number of hydrogen-bond acceptors (Lipinski definition) is 4. The zero-order valence-electron chi connectivity index (χ0n) is 16.9. The quantitative estimate of drug-likeness (QED) is 0.465. The maximum absolute atomic E-state index is 13.0. The summed E-state index contributed by atoms with van der Waals surface area (Å²) in [6, 6.07) is 14.3. The van der Waals surface area contributed by atoms with Crippen molar-refractivity contribution in [2.24, 2.45) is 0 Å². The van der Waals surface area contributed by atoms with Crippen LogP contribution in [0.15, 0.2) is 52.9 Å². The molecule has 6 rings (SSSR count). The molecule has 1 atom stereocenters. The van der Waals surface area contributed by atoms with Crippen molar-refractivity contribution in [3.63, 3.8) is 0 Å². The molecule has 1 spiro atoms. The van der Waals surface area contributed by atoms with Crippen LogP contribution in [-0.2, 0) is 24.6 Å². The van der Waals surface area contributed by atoms with Gasteiger partial charge in [-0.25, -0.2) is 0 Å². The van der Waals surface area contributed by atoms with E-state index in [1.165, 1.54) is 6.07 Å². The van der Waals surface area contributed by atoms with Crippen molar-refractivity contribution in [3.05, 3.63) is 76.7 Å². The number of alkyl halides is 3. The fraction of sp³-hybridized carbons (Fsp3) is 0.292. The maximum Gasteiger partial charge on any atom is 0.449 e. The van der Waals surface area contributed by atoms with Crippen LogP contribution in [0.25, 0.3) is 0 Å². The number of ether oxygens (including phenoxy) is 2. The number of halogens is 3. The zero-order valence-corrected chi connectivity index (χ0v) is 17.7. The van der Waals surface area contributed by atoms with Gasteiger partial charge in [-0.3, -0.25) is 0 Å². The molecule has 3 aromatic rings. The number of nitrogens with zero attached hydrogens (tertiary/aromatic N) is 1. The first-order valence-electron chi connectivity index (χ1n) is 10.3. The molecule has 4 nitrogen and oxygen atoms in total. The zero-order chi connectivity index (χ0) is 22.1. The summed E-state index contributed by atoms with van der Waals surface area (Å²) >= 11 is 5.80. The Labute approximate surface area is 187 Å². The van der Waals surface area contributed by atoms with Gasteiger partial charge in [-0.15, -0.1) is 0 Å². The minimum absolute atomic E-state index is 0.133. The predicted octanol–water partition coefficient (Wildman–Crippen LogP) is 5.65. The number of rotatable bonds is 2. The van der Waals surface area contributed by atoms with Crippen LogP contribution in [-0.4, -0.2) is 18.2 Å². The minimum atomic E-state index is -4.52. The molecule has 0 amide bonds. The summed E-state index contributed by atoms with van der Waals surface area (Å²) in [4.78, 5) is 2.51. The van der Waals surface area contributed by atoms with E-state index < -0.39 is 17.4 Å². The van der Waals surface area contributed by atoms with Gasteiger partial charge in [0, 0.05) is 30.2 Å². The van der Waals surface area contributed by atoms with Gasteiger partial charge in [0.25, 0.3) is 0 Å². The number of hydrogen-bond donors (Lipinski definition) is 0. The van der Waals surface area contributed by atoms with E-state index >= 15 is 0 Å². The Hall–Kier alpha value is -3.00. The molecule has 2 aromatic carbocycles. The molecule has 0 fully saturated rings. The molecular weight excluding hydrogens is 439 g/mol. The van der Waals surface area contributed by atoms with E-state index in [0.717, 1.165) is 46.4 Å². The van der Waals surface area contributed by atoms with Gasteiger partial charge in [-0.2, -0.15) is 13.2 Å². The van der Waals surface area contributed by atoms with Gasteiger partial charge in [-0.1, -0.05) is 30.4 Å². The Bertz CT molecular complexity index is 1250. The van der Waals surface area contributed by atoms with Crippen LogP contribution in [0.3, 0.4) is 0 Å². The Morgan fingerprint density at radius 2 is 1.84 bits per heavy atom. The molecule has 3 aliphatic rings. The van der Waals surface area contributed by atoms with Crippen molar-refractivity contribution in [1.82, 2.24) is 0 Å². The van der Waals surface area contributed by atoms with Gasteiger partial charge in [-0.05, 0) is 35.4 Å². The smallest absolute Gasteiger partial charge is 0.449 e. The third-order valence-electron chi connectivity index (χ3n) is 6.50. The van der Waals surface area contributed by atoms with E-state index in [0.29, 0.717) is 24.6 Å². The van der Waals surface area contributed by atoms with Crippen LogP contribution in [0.2, 0.25) is 0 Å². The van der Waals surface area contributed by atoms with Crippen LogP contribution in [0.5, 0.6) is 11.5 Å². The average Bonchev–Trinajstić information content (AvgIpc) is 3.49. The Balaban J connectivity index is 1.42. The lowest BCUT2D eigenvalue weighted by Crippen LogP contribution is -2.44. The van der Waals surface area contributed by atoms with E-state index in [-0.39, 0.29) is 12.3 Å². The summed E-state index contributed by atoms with van der Waals surface area (Å²) < 4.78 is 55.8. The summed E-state index contributed by atoms with van der Waals surface area (Å²) in [5.41, 5.74) is 3.73. The summed E-state index contributed by atoms with van der Waals surface area (Å²) in [5, 5.41) is 0. The van der Waals surface area contributed by atoms with E-state index in [4.69, 9.17) is 26.1 Å². The molecule has 4 heterocycles. The van der Waals surface area contributed by atoms with E-state index in [9.17, 15) is 13.2 Å². The molecule has 0 bridgehead atoms. The molecule has 0 saturated heterocycles. The third-order valence-corrected chi connectivity index (χ3v) is 6.87. The molecule has 164 valence electrons. The number of para-hydroxylation sites is 1. The van der Waals surface area contributed by atoms with Crippen molar-refractivity contribution >= 4 is 22.9 Å². The summed E-state index contributed by atoms with van der Waals surface area (Å²) in [5.74, 6) is 0.878. The lowest BCUT2D eigenvalue weighted by Gasteiger charge is -2.41. The van der Waals surface area contributed by atoms with Crippen LogP contribution in [0, 0.1) is 0 Å². The number of furan rings is 1. The first kappa shape index (κ1) is 19.7. The fourth-order valence-electron chi connectivity index (χ4n) is 4.99. The molecule has 3 aliphatic heterocycles. The lowest BCUT2D eigenvalue weighted by molar-refractivity contribution is -0.153. The molecule has 8 heteroatoms. The molecule has 0 aliphatic carbocycles. The van der Waals surface area contributed by atoms with Crippen molar-refractivity contribution in [2.45, 2.75) is 31.0 Å². The maximum atomic E-state index is 13.0. The van der Waals surface area contributed by atoms with Gasteiger partial charge < -0.3 is 18.8 Å². The highest BCUT2D eigenvalue weighted by atomic mass is 32.1. The van der Waals surface area contributed by atoms with Crippen molar-refractivity contribution < 1.29 is 27.1 Å². The Kier molecular flexibility index (Phi) is 4.15. The molecular formula is C24H18F3NO3S. The van der Waals surface area contributed by atoms with Crippen molar-refractivity contribution in [3.8, 4) is 11.5 Å².